The summed E-state index contributed by atoms with van der Waals surface area (Å²) in [6.45, 7) is 2.65. The maximum absolute atomic E-state index is 2.52. The molecule has 0 atom stereocenters. The lowest BCUT2D eigenvalue weighted by atomic mass is 9.53. The molecule has 2 nitrogen and oxygen atoms in total. The number of rotatable bonds is 4. The third-order valence-electron chi connectivity index (χ3n) is 6.33. The molecule has 4 heteroatoms. The van der Waals surface area contributed by atoms with Crippen LogP contribution in [0.3, 0.4) is 0 Å². The molecule has 4 bridgehead atoms. The first-order chi connectivity index (χ1) is 8.74. The van der Waals surface area contributed by atoms with E-state index in [-0.39, 0.29) is 48.0 Å². The van der Waals surface area contributed by atoms with Crippen molar-refractivity contribution < 1.29 is 56.9 Å². The molecule has 0 spiro atoms. The Hall–Kier alpha value is 1.38. The van der Waals surface area contributed by atoms with Gasteiger partial charge in [-0.2, -0.15) is 0 Å². The van der Waals surface area contributed by atoms with E-state index < -0.39 is 0 Å². The zero-order valence-electron chi connectivity index (χ0n) is 14.5. The van der Waals surface area contributed by atoms with E-state index in [1.807, 2.05) is 0 Å². The van der Waals surface area contributed by atoms with Crippen LogP contribution in [0.2, 0.25) is 0 Å². The molecule has 0 N–H and O–H groups in total. The average Bonchev–Trinajstić information content (AvgIpc) is 2.23. The molecule has 4 rings (SSSR count). The van der Waals surface area contributed by atoms with Gasteiger partial charge in [0.2, 0.25) is 0 Å². The van der Waals surface area contributed by atoms with Crippen LogP contribution in [0.1, 0.15) is 32.1 Å². The Bertz CT molecular complexity index is 321. The van der Waals surface area contributed by atoms with Crippen molar-refractivity contribution in [1.29, 1.82) is 0 Å². The molecule has 4 saturated carbocycles. The number of hydrogen-bond acceptors (Lipinski definition) is 0. The van der Waals surface area contributed by atoms with Crippen LogP contribution in [0.5, 0.6) is 0 Å². The molecular formula is C17H34I2N2. The SMILES string of the molecule is C[N+](C)(C)CC[N+](C)(C)C1C2CC3CC(C2)CC1C3.[I-].[I-]. The Labute approximate surface area is 166 Å². The predicted octanol–water partition coefficient (Wildman–Crippen LogP) is -3.40. The average molecular weight is 520 g/mol. The smallest absolute Gasteiger partial charge is 0.128 e. The molecular weight excluding hydrogens is 486 g/mol. The number of quaternary nitrogens is 2. The largest absolute Gasteiger partial charge is 1.00 e. The lowest BCUT2D eigenvalue weighted by Gasteiger charge is -2.58. The van der Waals surface area contributed by atoms with Gasteiger partial charge in [-0.05, 0) is 43.9 Å². The van der Waals surface area contributed by atoms with Gasteiger partial charge in [-0.15, -0.1) is 0 Å². The molecule has 0 aromatic carbocycles. The van der Waals surface area contributed by atoms with Crippen molar-refractivity contribution in [2.45, 2.75) is 38.1 Å². The van der Waals surface area contributed by atoms with E-state index in [4.69, 9.17) is 0 Å². The number of hydrogen-bond donors (Lipinski definition) is 0. The van der Waals surface area contributed by atoms with Gasteiger partial charge in [-0.3, -0.25) is 0 Å². The zero-order valence-corrected chi connectivity index (χ0v) is 18.8. The minimum atomic E-state index is 0. The lowest BCUT2D eigenvalue weighted by molar-refractivity contribution is -0.958. The van der Waals surface area contributed by atoms with Crippen molar-refractivity contribution in [3.05, 3.63) is 0 Å². The van der Waals surface area contributed by atoms with Gasteiger partial charge < -0.3 is 56.9 Å². The minimum absolute atomic E-state index is 0. The monoisotopic (exact) mass is 520 g/mol. The van der Waals surface area contributed by atoms with E-state index >= 15 is 0 Å². The van der Waals surface area contributed by atoms with Gasteiger partial charge in [-0.25, -0.2) is 0 Å². The van der Waals surface area contributed by atoms with Crippen molar-refractivity contribution in [3.63, 3.8) is 0 Å². The van der Waals surface area contributed by atoms with Gasteiger partial charge in [0, 0.05) is 11.8 Å². The highest BCUT2D eigenvalue weighted by Gasteiger charge is 2.54. The van der Waals surface area contributed by atoms with Crippen LogP contribution in [-0.2, 0) is 0 Å². The minimum Gasteiger partial charge on any atom is -1.00 e. The highest BCUT2D eigenvalue weighted by Crippen LogP contribution is 2.55. The summed E-state index contributed by atoms with van der Waals surface area (Å²) >= 11 is 0. The molecule has 4 aliphatic rings. The Morgan fingerprint density at radius 2 is 1.10 bits per heavy atom. The van der Waals surface area contributed by atoms with Gasteiger partial charge in [0.1, 0.15) is 13.1 Å². The third kappa shape index (κ3) is 4.47. The highest BCUT2D eigenvalue weighted by molar-refractivity contribution is 4.99. The molecule has 4 fully saturated rings. The Balaban J connectivity index is 0.00000110. The van der Waals surface area contributed by atoms with Crippen molar-refractivity contribution in [1.82, 2.24) is 0 Å². The number of halogens is 2. The standard InChI is InChI=1S/C17H34N2.2HI/c1-18(2,3)6-7-19(4,5)17-15-9-13-8-14(11-15)12-16(17)10-13;;/h13-17H,6-12H2,1-5H3;2*1H/q+2;;/p-2. The van der Waals surface area contributed by atoms with Crippen molar-refractivity contribution in [2.75, 3.05) is 48.3 Å². The summed E-state index contributed by atoms with van der Waals surface area (Å²) in [5.41, 5.74) is 0. The summed E-state index contributed by atoms with van der Waals surface area (Å²) in [5.74, 6) is 4.33. The first kappa shape index (κ1) is 20.4. The van der Waals surface area contributed by atoms with E-state index in [0.29, 0.717) is 0 Å². The van der Waals surface area contributed by atoms with E-state index in [9.17, 15) is 0 Å². The van der Waals surface area contributed by atoms with E-state index in [2.05, 4.69) is 35.2 Å². The van der Waals surface area contributed by atoms with Crippen LogP contribution < -0.4 is 48.0 Å². The molecule has 0 heterocycles. The van der Waals surface area contributed by atoms with Crippen LogP contribution in [-0.4, -0.2) is 63.3 Å². The third-order valence-corrected chi connectivity index (χ3v) is 6.33. The second-order valence-corrected chi connectivity index (χ2v) is 9.44. The van der Waals surface area contributed by atoms with Crippen LogP contribution in [0.25, 0.3) is 0 Å². The molecule has 0 aromatic heterocycles. The van der Waals surface area contributed by atoms with Gasteiger partial charge in [0.05, 0.1) is 41.3 Å². The molecule has 0 amide bonds. The van der Waals surface area contributed by atoms with E-state index in [0.717, 1.165) is 34.2 Å². The summed E-state index contributed by atoms with van der Waals surface area (Å²) < 4.78 is 2.39. The lowest BCUT2D eigenvalue weighted by Crippen LogP contribution is -3.00. The summed E-state index contributed by atoms with van der Waals surface area (Å²) in [7, 11) is 12.0. The normalized spacial score (nSPS) is 37.9. The van der Waals surface area contributed by atoms with Crippen LogP contribution >= 0.6 is 0 Å². The van der Waals surface area contributed by atoms with Crippen molar-refractivity contribution in [3.8, 4) is 0 Å². The predicted molar refractivity (Wildman–Crippen MR) is 80.7 cm³/mol. The Kier molecular flexibility index (Phi) is 6.90. The van der Waals surface area contributed by atoms with Crippen molar-refractivity contribution in [2.24, 2.45) is 23.7 Å². The number of likely N-dealkylation sites (N-methyl/N-ethyl adjacent to an activating group) is 2. The number of nitrogens with zero attached hydrogens (tertiary/aromatic N) is 2. The van der Waals surface area contributed by atoms with Crippen LogP contribution in [0.4, 0.5) is 0 Å². The van der Waals surface area contributed by atoms with Gasteiger partial charge >= 0.3 is 0 Å². The summed E-state index contributed by atoms with van der Waals surface area (Å²) in [5, 5.41) is 0. The first-order valence-electron chi connectivity index (χ1n) is 8.38. The fourth-order valence-electron chi connectivity index (χ4n) is 5.74. The molecule has 21 heavy (non-hydrogen) atoms. The molecule has 0 aliphatic heterocycles. The topological polar surface area (TPSA) is 0 Å². The first-order valence-corrected chi connectivity index (χ1v) is 8.38. The molecule has 4 aliphatic carbocycles. The van der Waals surface area contributed by atoms with Crippen LogP contribution in [0.15, 0.2) is 0 Å². The summed E-state index contributed by atoms with van der Waals surface area (Å²) in [6.07, 6.45) is 7.81. The van der Waals surface area contributed by atoms with Gasteiger partial charge in [0.15, 0.2) is 0 Å². The molecule has 0 radical (unpaired) electrons. The van der Waals surface area contributed by atoms with Crippen molar-refractivity contribution >= 4 is 0 Å². The zero-order chi connectivity index (χ0) is 13.8. The van der Waals surface area contributed by atoms with E-state index in [1.165, 1.54) is 17.6 Å². The Morgan fingerprint density at radius 1 is 0.667 bits per heavy atom. The summed E-state index contributed by atoms with van der Waals surface area (Å²) in [4.78, 5) is 0. The highest BCUT2D eigenvalue weighted by atomic mass is 127. The molecule has 126 valence electrons. The maximum Gasteiger partial charge on any atom is 0.128 e. The maximum atomic E-state index is 2.52. The molecule has 0 aromatic rings. The van der Waals surface area contributed by atoms with Gasteiger partial charge in [0.25, 0.3) is 0 Å². The molecule has 0 saturated heterocycles. The molecule has 0 unspecified atom stereocenters. The quantitative estimate of drug-likeness (QED) is 0.268. The second kappa shape index (κ2) is 7.09. The van der Waals surface area contributed by atoms with Crippen LogP contribution in [0, 0.1) is 23.7 Å². The fraction of sp³-hybridized carbons (Fsp3) is 1.00. The Morgan fingerprint density at radius 3 is 1.48 bits per heavy atom. The second-order valence-electron chi connectivity index (χ2n) is 9.44. The fourth-order valence-corrected chi connectivity index (χ4v) is 5.74. The van der Waals surface area contributed by atoms with E-state index in [1.54, 1.807) is 32.1 Å². The van der Waals surface area contributed by atoms with Gasteiger partial charge in [-0.1, -0.05) is 0 Å². The summed E-state index contributed by atoms with van der Waals surface area (Å²) in [6, 6.07) is 0.972.